The second-order valence-corrected chi connectivity index (χ2v) is 6.54. The van der Waals surface area contributed by atoms with Gasteiger partial charge >= 0.3 is 0 Å². The lowest BCUT2D eigenvalue weighted by molar-refractivity contribution is -0.116. The van der Waals surface area contributed by atoms with Gasteiger partial charge in [-0.25, -0.2) is 4.98 Å². The van der Waals surface area contributed by atoms with Crippen LogP contribution in [0.2, 0.25) is 0 Å². The number of aryl methyl sites for hydroxylation is 1. The van der Waals surface area contributed by atoms with Crippen LogP contribution in [-0.2, 0) is 22.5 Å². The van der Waals surface area contributed by atoms with Gasteiger partial charge in [-0.05, 0) is 18.6 Å². The molecule has 1 aromatic carbocycles. The second kappa shape index (κ2) is 7.89. The summed E-state index contributed by atoms with van der Waals surface area (Å²) in [6.07, 6.45) is 0.650. The molecule has 0 bridgehead atoms. The molecule has 1 amide bonds. The number of fused-ring (bicyclic) bond motifs is 1. The molecule has 0 aliphatic carbocycles. The van der Waals surface area contributed by atoms with E-state index < -0.39 is 0 Å². The number of hydrogen-bond acceptors (Lipinski definition) is 7. The standard InChI is InChI=1S/C19H22N4O5/c1-2-13-10-18(25)23(19(21-13)22-5-7-26-8-6-22)11-17(24)20-14-3-4-15-16(9-14)28-12-27-15/h3-4,9-10H,2,5-8,11-12H2,1H3,(H,20,24). The molecule has 28 heavy (non-hydrogen) atoms. The van der Waals surface area contributed by atoms with Crippen LogP contribution < -0.4 is 25.2 Å². The Balaban J connectivity index is 1.56. The Morgan fingerprint density at radius 2 is 1.96 bits per heavy atom. The SMILES string of the molecule is CCc1cc(=O)n(CC(=O)Nc2ccc3c(c2)OCO3)c(N2CCOCC2)n1. The van der Waals surface area contributed by atoms with Crippen LogP contribution in [0.5, 0.6) is 11.5 Å². The molecule has 0 unspecified atom stereocenters. The largest absolute Gasteiger partial charge is 0.454 e. The highest BCUT2D eigenvalue weighted by atomic mass is 16.7. The minimum Gasteiger partial charge on any atom is -0.454 e. The smallest absolute Gasteiger partial charge is 0.255 e. The average molecular weight is 386 g/mol. The van der Waals surface area contributed by atoms with Gasteiger partial charge < -0.3 is 24.4 Å². The highest BCUT2D eigenvalue weighted by molar-refractivity contribution is 5.91. The first-order chi connectivity index (χ1) is 13.6. The van der Waals surface area contributed by atoms with Crippen molar-refractivity contribution in [3.63, 3.8) is 0 Å². The molecule has 0 spiro atoms. The molecule has 2 aliphatic rings. The Hall–Kier alpha value is -3.07. The van der Waals surface area contributed by atoms with Crippen molar-refractivity contribution in [2.24, 2.45) is 0 Å². The van der Waals surface area contributed by atoms with Crippen molar-refractivity contribution in [3.05, 3.63) is 40.3 Å². The molecule has 1 N–H and O–H groups in total. The maximum atomic E-state index is 12.7. The van der Waals surface area contributed by atoms with E-state index in [1.807, 2.05) is 11.8 Å². The molecule has 0 radical (unpaired) electrons. The fourth-order valence-electron chi connectivity index (χ4n) is 3.19. The molecular weight excluding hydrogens is 364 g/mol. The Morgan fingerprint density at radius 1 is 1.18 bits per heavy atom. The average Bonchev–Trinajstić information content (AvgIpc) is 3.17. The minimum atomic E-state index is -0.318. The summed E-state index contributed by atoms with van der Waals surface area (Å²) < 4.78 is 17.4. The molecular formula is C19H22N4O5. The number of aromatic nitrogens is 2. The van der Waals surface area contributed by atoms with E-state index in [-0.39, 0.29) is 24.8 Å². The second-order valence-electron chi connectivity index (χ2n) is 6.54. The number of amides is 1. The van der Waals surface area contributed by atoms with Crippen LogP contribution in [0, 0.1) is 0 Å². The van der Waals surface area contributed by atoms with Crippen molar-refractivity contribution in [1.82, 2.24) is 9.55 Å². The molecule has 3 heterocycles. The fraction of sp³-hybridized carbons (Fsp3) is 0.421. The zero-order valence-corrected chi connectivity index (χ0v) is 15.6. The summed E-state index contributed by atoms with van der Waals surface area (Å²) in [5.74, 6) is 1.41. The van der Waals surface area contributed by atoms with Crippen LogP contribution in [0.15, 0.2) is 29.1 Å². The number of benzene rings is 1. The lowest BCUT2D eigenvalue weighted by atomic mass is 10.2. The Bertz CT molecular complexity index is 936. The number of ether oxygens (including phenoxy) is 3. The van der Waals surface area contributed by atoms with Gasteiger partial charge in [0.1, 0.15) is 6.54 Å². The summed E-state index contributed by atoms with van der Waals surface area (Å²) in [7, 11) is 0. The molecule has 4 rings (SSSR count). The van der Waals surface area contributed by atoms with Crippen molar-refractivity contribution in [1.29, 1.82) is 0 Å². The highest BCUT2D eigenvalue weighted by Crippen LogP contribution is 2.34. The molecule has 0 saturated carbocycles. The van der Waals surface area contributed by atoms with E-state index in [0.29, 0.717) is 61.6 Å². The van der Waals surface area contributed by atoms with Gasteiger partial charge in [-0.1, -0.05) is 6.92 Å². The third-order valence-electron chi connectivity index (χ3n) is 4.66. The third-order valence-corrected chi connectivity index (χ3v) is 4.66. The summed E-state index contributed by atoms with van der Waals surface area (Å²) >= 11 is 0. The first-order valence-electron chi connectivity index (χ1n) is 9.27. The van der Waals surface area contributed by atoms with E-state index in [1.54, 1.807) is 18.2 Å². The Morgan fingerprint density at radius 3 is 2.75 bits per heavy atom. The van der Waals surface area contributed by atoms with E-state index in [4.69, 9.17) is 14.2 Å². The minimum absolute atomic E-state index is 0.128. The quantitative estimate of drug-likeness (QED) is 0.819. The number of nitrogens with one attached hydrogen (secondary N) is 1. The number of carbonyl (C=O) groups excluding carboxylic acids is 1. The van der Waals surface area contributed by atoms with E-state index in [2.05, 4.69) is 10.3 Å². The predicted octanol–water partition coefficient (Wildman–Crippen LogP) is 1.01. The topological polar surface area (TPSA) is 94.9 Å². The molecule has 1 fully saturated rings. The van der Waals surface area contributed by atoms with Gasteiger partial charge in [-0.15, -0.1) is 0 Å². The number of rotatable bonds is 5. The molecule has 2 aromatic rings. The number of hydrogen-bond donors (Lipinski definition) is 1. The first-order valence-corrected chi connectivity index (χ1v) is 9.27. The van der Waals surface area contributed by atoms with Gasteiger partial charge in [0.05, 0.1) is 13.2 Å². The maximum absolute atomic E-state index is 12.7. The molecule has 0 atom stereocenters. The molecule has 1 saturated heterocycles. The molecule has 1 aromatic heterocycles. The number of nitrogens with zero attached hydrogens (tertiary/aromatic N) is 3. The van der Waals surface area contributed by atoms with Gasteiger partial charge in [0.2, 0.25) is 18.6 Å². The Kier molecular flexibility index (Phi) is 5.16. The summed E-state index contributed by atoms with van der Waals surface area (Å²) in [5, 5.41) is 2.80. The van der Waals surface area contributed by atoms with E-state index in [1.165, 1.54) is 10.6 Å². The predicted molar refractivity (Wildman–Crippen MR) is 102 cm³/mol. The van der Waals surface area contributed by atoms with Gasteiger partial charge in [-0.3, -0.25) is 14.2 Å². The Labute approximate surface area is 161 Å². The molecule has 148 valence electrons. The van der Waals surface area contributed by atoms with Crippen LogP contribution in [-0.4, -0.2) is 48.6 Å². The van der Waals surface area contributed by atoms with Crippen LogP contribution in [0.3, 0.4) is 0 Å². The van der Waals surface area contributed by atoms with E-state index >= 15 is 0 Å². The van der Waals surface area contributed by atoms with Crippen LogP contribution >= 0.6 is 0 Å². The zero-order chi connectivity index (χ0) is 19.5. The summed E-state index contributed by atoms with van der Waals surface area (Å²) in [6.45, 7) is 4.37. The normalized spacial score (nSPS) is 15.5. The number of carbonyl (C=O) groups is 1. The van der Waals surface area contributed by atoms with Gasteiger partial charge in [-0.2, -0.15) is 0 Å². The van der Waals surface area contributed by atoms with Gasteiger partial charge in [0.15, 0.2) is 11.5 Å². The van der Waals surface area contributed by atoms with Crippen molar-refractivity contribution >= 4 is 17.5 Å². The van der Waals surface area contributed by atoms with E-state index in [0.717, 1.165) is 0 Å². The number of anilines is 2. The molecule has 9 nitrogen and oxygen atoms in total. The fourth-order valence-corrected chi connectivity index (χ4v) is 3.19. The van der Waals surface area contributed by atoms with Crippen molar-refractivity contribution < 1.29 is 19.0 Å². The lowest BCUT2D eigenvalue weighted by Crippen LogP contribution is -2.42. The molecule has 2 aliphatic heterocycles. The maximum Gasteiger partial charge on any atom is 0.255 e. The first kappa shape index (κ1) is 18.3. The van der Waals surface area contributed by atoms with Crippen LogP contribution in [0.4, 0.5) is 11.6 Å². The monoisotopic (exact) mass is 386 g/mol. The molecule has 9 heteroatoms. The number of morpholine rings is 1. The summed E-state index contributed by atoms with van der Waals surface area (Å²) in [5.41, 5.74) is 1.04. The third kappa shape index (κ3) is 3.79. The summed E-state index contributed by atoms with van der Waals surface area (Å²) in [6, 6.07) is 6.65. The van der Waals surface area contributed by atoms with Crippen molar-refractivity contribution in [2.45, 2.75) is 19.9 Å². The van der Waals surface area contributed by atoms with Crippen LogP contribution in [0.1, 0.15) is 12.6 Å². The van der Waals surface area contributed by atoms with Crippen molar-refractivity contribution in [2.75, 3.05) is 43.3 Å². The highest BCUT2D eigenvalue weighted by Gasteiger charge is 2.20. The lowest BCUT2D eigenvalue weighted by Gasteiger charge is -2.29. The van der Waals surface area contributed by atoms with Crippen LogP contribution in [0.25, 0.3) is 0 Å². The van der Waals surface area contributed by atoms with Gasteiger partial charge in [0, 0.05) is 36.6 Å². The van der Waals surface area contributed by atoms with E-state index in [9.17, 15) is 9.59 Å². The van der Waals surface area contributed by atoms with Crippen molar-refractivity contribution in [3.8, 4) is 11.5 Å². The zero-order valence-electron chi connectivity index (χ0n) is 15.6. The van der Waals surface area contributed by atoms with Gasteiger partial charge in [0.25, 0.3) is 5.56 Å². The summed E-state index contributed by atoms with van der Waals surface area (Å²) in [4.78, 5) is 31.8.